The Hall–Kier alpha value is -0.520. The smallest absolute Gasteiger partial charge is 0.0329 e. The molecule has 2 atom stereocenters. The van der Waals surface area contributed by atoms with Crippen LogP contribution in [0.25, 0.3) is 0 Å². The van der Waals surface area contributed by atoms with Crippen LogP contribution in [0.4, 0.5) is 0 Å². The second kappa shape index (κ2) is 6.87. The molecule has 0 radical (unpaired) electrons. The van der Waals surface area contributed by atoms with Crippen LogP contribution in [-0.2, 0) is 0 Å². The number of nitrogens with zero attached hydrogens (tertiary/aromatic N) is 1. The van der Waals surface area contributed by atoms with E-state index in [1.54, 1.807) is 0 Å². The number of nitrogens with two attached hydrogens (primary N) is 1. The van der Waals surface area contributed by atoms with Gasteiger partial charge in [0, 0.05) is 18.0 Å². The molecule has 0 aromatic carbocycles. The first-order chi connectivity index (χ1) is 7.06. The molecule has 0 aromatic heterocycles. The van der Waals surface area contributed by atoms with Gasteiger partial charge in [-0.3, -0.25) is 4.90 Å². The fraction of sp³-hybridized carbons (Fsp3) is 0.846. The van der Waals surface area contributed by atoms with Crippen molar-refractivity contribution < 1.29 is 0 Å². The number of terminal acetylenes is 1. The molecule has 2 nitrogen and oxygen atoms in total. The van der Waals surface area contributed by atoms with Crippen molar-refractivity contribution >= 4 is 0 Å². The van der Waals surface area contributed by atoms with Crippen LogP contribution in [0.15, 0.2) is 0 Å². The van der Waals surface area contributed by atoms with E-state index in [2.05, 4.69) is 38.5 Å². The average molecular weight is 210 g/mol. The number of likely N-dealkylation sites (N-methyl/N-ethyl adjacent to an activating group) is 1. The van der Waals surface area contributed by atoms with E-state index in [-0.39, 0.29) is 11.6 Å². The molecule has 0 bridgehead atoms. The Morgan fingerprint density at radius 3 is 2.20 bits per heavy atom. The van der Waals surface area contributed by atoms with Gasteiger partial charge in [-0.05, 0) is 32.9 Å². The highest BCUT2D eigenvalue weighted by atomic mass is 15.2. The molecule has 0 saturated heterocycles. The van der Waals surface area contributed by atoms with E-state index in [1.165, 1.54) is 0 Å². The summed E-state index contributed by atoms with van der Waals surface area (Å²) in [5.41, 5.74) is 6.35. The van der Waals surface area contributed by atoms with Crippen LogP contribution in [0.2, 0.25) is 0 Å². The summed E-state index contributed by atoms with van der Waals surface area (Å²) in [7, 11) is 0. The Balaban J connectivity index is 4.59. The normalized spacial score (nSPS) is 17.1. The van der Waals surface area contributed by atoms with Crippen molar-refractivity contribution in [2.45, 2.75) is 58.5 Å². The topological polar surface area (TPSA) is 29.3 Å². The number of hydrogen-bond acceptors (Lipinski definition) is 2. The Morgan fingerprint density at radius 1 is 1.33 bits per heavy atom. The summed E-state index contributed by atoms with van der Waals surface area (Å²) in [5, 5.41) is 0. The van der Waals surface area contributed by atoms with Crippen LogP contribution in [0.3, 0.4) is 0 Å². The second-order valence-electron chi connectivity index (χ2n) is 4.23. The van der Waals surface area contributed by atoms with E-state index in [9.17, 15) is 0 Å². The van der Waals surface area contributed by atoms with Gasteiger partial charge >= 0.3 is 0 Å². The van der Waals surface area contributed by atoms with Gasteiger partial charge in [-0.15, -0.1) is 12.3 Å². The van der Waals surface area contributed by atoms with Gasteiger partial charge < -0.3 is 5.73 Å². The van der Waals surface area contributed by atoms with Gasteiger partial charge in [-0.1, -0.05) is 20.8 Å². The molecular weight excluding hydrogens is 184 g/mol. The number of rotatable bonds is 7. The summed E-state index contributed by atoms with van der Waals surface area (Å²) < 4.78 is 0. The van der Waals surface area contributed by atoms with Gasteiger partial charge in [-0.25, -0.2) is 0 Å². The highest BCUT2D eigenvalue weighted by molar-refractivity contribution is 4.96. The van der Waals surface area contributed by atoms with Crippen molar-refractivity contribution in [1.29, 1.82) is 0 Å². The zero-order valence-electron chi connectivity index (χ0n) is 10.7. The van der Waals surface area contributed by atoms with E-state index in [4.69, 9.17) is 12.2 Å². The average Bonchev–Trinajstić information content (AvgIpc) is 2.26. The third-order valence-corrected chi connectivity index (χ3v) is 3.60. The predicted molar refractivity (Wildman–Crippen MR) is 67.7 cm³/mol. The number of hydrogen-bond donors (Lipinski definition) is 1. The summed E-state index contributed by atoms with van der Waals surface area (Å²) in [5.74, 6) is 2.67. The zero-order chi connectivity index (χ0) is 11.9. The molecule has 2 N–H and O–H groups in total. The monoisotopic (exact) mass is 210 g/mol. The highest BCUT2D eigenvalue weighted by Gasteiger charge is 2.33. The summed E-state index contributed by atoms with van der Waals surface area (Å²) in [6.45, 7) is 10.9. The van der Waals surface area contributed by atoms with Gasteiger partial charge in [-0.2, -0.15) is 0 Å². The maximum Gasteiger partial charge on any atom is 0.0329 e. The van der Waals surface area contributed by atoms with Gasteiger partial charge in [0.1, 0.15) is 0 Å². The van der Waals surface area contributed by atoms with E-state index < -0.39 is 0 Å². The molecule has 0 heterocycles. The van der Waals surface area contributed by atoms with Crippen molar-refractivity contribution in [2.24, 2.45) is 5.73 Å². The maximum atomic E-state index is 6.26. The standard InChI is InChI=1S/C13H26N2/c1-6-10-11-12(14)13(5,7-2)15(8-3)9-4/h1,12H,7-11,14H2,2-5H3. The first-order valence-corrected chi connectivity index (χ1v) is 6.00. The minimum Gasteiger partial charge on any atom is -0.326 e. The summed E-state index contributed by atoms with van der Waals surface area (Å²) >= 11 is 0. The lowest BCUT2D eigenvalue weighted by Gasteiger charge is -2.44. The van der Waals surface area contributed by atoms with Crippen molar-refractivity contribution in [1.82, 2.24) is 4.90 Å². The fourth-order valence-electron chi connectivity index (χ4n) is 2.22. The molecule has 0 fully saturated rings. The largest absolute Gasteiger partial charge is 0.326 e. The van der Waals surface area contributed by atoms with Gasteiger partial charge in [0.05, 0.1) is 0 Å². The summed E-state index contributed by atoms with van der Waals surface area (Å²) in [6, 6.07) is 0.165. The fourth-order valence-corrected chi connectivity index (χ4v) is 2.22. The Bertz CT molecular complexity index is 203. The minimum absolute atomic E-state index is 0.0837. The molecule has 15 heavy (non-hydrogen) atoms. The molecule has 0 aliphatic rings. The van der Waals surface area contributed by atoms with Gasteiger partial charge in [0.2, 0.25) is 0 Å². The van der Waals surface area contributed by atoms with Crippen molar-refractivity contribution in [3.05, 3.63) is 0 Å². The first kappa shape index (κ1) is 14.5. The van der Waals surface area contributed by atoms with Gasteiger partial charge in [0.25, 0.3) is 0 Å². The molecule has 0 aromatic rings. The summed E-state index contributed by atoms with van der Waals surface area (Å²) in [4.78, 5) is 2.44. The third kappa shape index (κ3) is 3.52. The van der Waals surface area contributed by atoms with Crippen LogP contribution < -0.4 is 5.73 Å². The minimum atomic E-state index is 0.0837. The van der Waals surface area contributed by atoms with E-state index in [0.717, 1.165) is 32.4 Å². The maximum absolute atomic E-state index is 6.26. The van der Waals surface area contributed by atoms with E-state index in [0.29, 0.717) is 0 Å². The van der Waals surface area contributed by atoms with Crippen LogP contribution >= 0.6 is 0 Å². The Morgan fingerprint density at radius 2 is 1.87 bits per heavy atom. The lowest BCUT2D eigenvalue weighted by Crippen LogP contribution is -2.57. The summed E-state index contributed by atoms with van der Waals surface area (Å²) in [6.07, 6.45) is 8.04. The molecular formula is C13H26N2. The molecule has 0 rings (SSSR count). The second-order valence-corrected chi connectivity index (χ2v) is 4.23. The lowest BCUT2D eigenvalue weighted by molar-refractivity contribution is 0.0820. The molecule has 88 valence electrons. The van der Waals surface area contributed by atoms with Crippen molar-refractivity contribution in [3.8, 4) is 12.3 Å². The third-order valence-electron chi connectivity index (χ3n) is 3.60. The zero-order valence-corrected chi connectivity index (χ0v) is 10.7. The van der Waals surface area contributed by atoms with E-state index >= 15 is 0 Å². The molecule has 0 aliphatic carbocycles. The van der Waals surface area contributed by atoms with Crippen LogP contribution in [0.1, 0.15) is 47.0 Å². The quantitative estimate of drug-likeness (QED) is 0.653. The molecule has 0 amide bonds. The van der Waals surface area contributed by atoms with Crippen LogP contribution in [0, 0.1) is 12.3 Å². The van der Waals surface area contributed by atoms with Crippen LogP contribution in [-0.4, -0.2) is 29.6 Å². The molecule has 2 heteroatoms. The predicted octanol–water partition coefficient (Wildman–Crippen LogP) is 2.24. The molecule has 0 spiro atoms. The Labute approximate surface area is 95.2 Å². The van der Waals surface area contributed by atoms with Crippen molar-refractivity contribution in [2.75, 3.05) is 13.1 Å². The lowest BCUT2D eigenvalue weighted by atomic mass is 9.85. The Kier molecular flexibility index (Phi) is 6.63. The first-order valence-electron chi connectivity index (χ1n) is 6.00. The van der Waals surface area contributed by atoms with E-state index in [1.807, 2.05) is 0 Å². The van der Waals surface area contributed by atoms with Crippen molar-refractivity contribution in [3.63, 3.8) is 0 Å². The van der Waals surface area contributed by atoms with Crippen LogP contribution in [0.5, 0.6) is 0 Å². The highest BCUT2D eigenvalue weighted by Crippen LogP contribution is 2.24. The molecule has 0 aliphatic heterocycles. The molecule has 2 unspecified atom stereocenters. The molecule has 0 saturated carbocycles. The SMILES string of the molecule is C#CCCC(N)C(C)(CC)N(CC)CC. The van der Waals surface area contributed by atoms with Gasteiger partial charge in [0.15, 0.2) is 0 Å².